The lowest BCUT2D eigenvalue weighted by molar-refractivity contribution is 0.175. The van der Waals surface area contributed by atoms with Crippen LogP contribution in [0.5, 0.6) is 0 Å². The van der Waals surface area contributed by atoms with Crippen molar-refractivity contribution >= 4 is 27.3 Å². The van der Waals surface area contributed by atoms with E-state index in [0.29, 0.717) is 5.01 Å². The molecule has 0 aliphatic heterocycles. The Balaban J connectivity index is 2.27. The third-order valence-electron chi connectivity index (χ3n) is 2.46. The molecule has 0 fully saturated rings. The van der Waals surface area contributed by atoms with Crippen molar-refractivity contribution in [1.29, 1.82) is 0 Å². The number of hydrogen-bond acceptors (Lipinski definition) is 3. The first kappa shape index (κ1) is 13.6. The van der Waals surface area contributed by atoms with Crippen molar-refractivity contribution in [3.8, 4) is 0 Å². The quantitative estimate of drug-likeness (QED) is 0.867. The Bertz CT molecular complexity index is 573. The first-order valence-electron chi connectivity index (χ1n) is 5.21. The Morgan fingerprint density at radius 2 is 2.17 bits per heavy atom. The predicted molar refractivity (Wildman–Crippen MR) is 69.6 cm³/mol. The van der Waals surface area contributed by atoms with E-state index in [1.165, 1.54) is 23.5 Å². The second-order valence-corrected chi connectivity index (χ2v) is 5.61. The number of nitrogens with zero attached hydrogens (tertiary/aromatic N) is 1. The number of halogens is 3. The van der Waals surface area contributed by atoms with Gasteiger partial charge in [-0.05, 0) is 35.0 Å². The fourth-order valence-corrected chi connectivity index (χ4v) is 2.71. The standard InChI is InChI=1S/C12H10BrF2NOS/c1-6-5-18-12(16-6)10(17)4-7-9(14)3-2-8(13)11(7)15/h2-3,5,10,17H,4H2,1H3. The zero-order chi connectivity index (χ0) is 13.3. The van der Waals surface area contributed by atoms with E-state index in [-0.39, 0.29) is 16.5 Å². The zero-order valence-electron chi connectivity index (χ0n) is 9.45. The minimum Gasteiger partial charge on any atom is -0.386 e. The van der Waals surface area contributed by atoms with Crippen LogP contribution in [0.15, 0.2) is 22.0 Å². The SMILES string of the molecule is Cc1csc(C(O)Cc2c(F)ccc(Br)c2F)n1. The molecule has 0 aliphatic carbocycles. The van der Waals surface area contributed by atoms with Gasteiger partial charge in [-0.25, -0.2) is 13.8 Å². The van der Waals surface area contributed by atoms with Crippen molar-refractivity contribution in [2.45, 2.75) is 19.4 Å². The van der Waals surface area contributed by atoms with Gasteiger partial charge in [0.1, 0.15) is 22.7 Å². The summed E-state index contributed by atoms with van der Waals surface area (Å²) in [7, 11) is 0. The largest absolute Gasteiger partial charge is 0.386 e. The molecule has 6 heteroatoms. The van der Waals surface area contributed by atoms with E-state index in [1.807, 2.05) is 0 Å². The minimum absolute atomic E-state index is 0.135. The lowest BCUT2D eigenvalue weighted by atomic mass is 10.1. The molecule has 2 nitrogen and oxygen atoms in total. The number of aromatic nitrogens is 1. The molecular weight excluding hydrogens is 324 g/mol. The molecule has 0 aliphatic rings. The number of rotatable bonds is 3. The second-order valence-electron chi connectivity index (χ2n) is 3.87. The number of aliphatic hydroxyl groups is 1. The number of aliphatic hydroxyl groups excluding tert-OH is 1. The van der Waals surface area contributed by atoms with Crippen molar-refractivity contribution in [3.05, 3.63) is 49.9 Å². The van der Waals surface area contributed by atoms with Crippen LogP contribution in [-0.2, 0) is 6.42 Å². The third-order valence-corrected chi connectivity index (χ3v) is 4.13. The molecule has 1 N–H and O–H groups in total. The van der Waals surface area contributed by atoms with Gasteiger partial charge in [0.25, 0.3) is 0 Å². The molecule has 0 bridgehead atoms. The van der Waals surface area contributed by atoms with E-state index in [0.717, 1.165) is 5.69 Å². The number of aryl methyl sites for hydroxylation is 1. The lowest BCUT2D eigenvalue weighted by Crippen LogP contribution is -2.06. The van der Waals surface area contributed by atoms with Crippen LogP contribution in [0.4, 0.5) is 8.78 Å². The molecule has 18 heavy (non-hydrogen) atoms. The summed E-state index contributed by atoms with van der Waals surface area (Å²) >= 11 is 4.27. The summed E-state index contributed by atoms with van der Waals surface area (Å²) in [6, 6.07) is 2.47. The normalized spacial score (nSPS) is 12.7. The third kappa shape index (κ3) is 2.76. The van der Waals surface area contributed by atoms with Crippen LogP contribution in [0.3, 0.4) is 0 Å². The van der Waals surface area contributed by atoms with Gasteiger partial charge in [-0.15, -0.1) is 11.3 Å². The van der Waals surface area contributed by atoms with Gasteiger partial charge in [-0.1, -0.05) is 0 Å². The van der Waals surface area contributed by atoms with Gasteiger partial charge in [0.2, 0.25) is 0 Å². The molecule has 0 spiro atoms. The summed E-state index contributed by atoms with van der Waals surface area (Å²) in [4.78, 5) is 4.10. The Morgan fingerprint density at radius 3 is 2.78 bits per heavy atom. The van der Waals surface area contributed by atoms with E-state index in [4.69, 9.17) is 0 Å². The van der Waals surface area contributed by atoms with E-state index in [1.54, 1.807) is 12.3 Å². The highest BCUT2D eigenvalue weighted by molar-refractivity contribution is 9.10. The first-order chi connectivity index (χ1) is 8.49. The maximum absolute atomic E-state index is 13.7. The highest BCUT2D eigenvalue weighted by atomic mass is 79.9. The molecule has 0 saturated heterocycles. The Morgan fingerprint density at radius 1 is 1.44 bits per heavy atom. The Labute approximate surface area is 115 Å². The van der Waals surface area contributed by atoms with E-state index in [9.17, 15) is 13.9 Å². The summed E-state index contributed by atoms with van der Waals surface area (Å²) in [6.07, 6.45) is -1.13. The van der Waals surface area contributed by atoms with Gasteiger partial charge in [-0.3, -0.25) is 0 Å². The highest BCUT2D eigenvalue weighted by Crippen LogP contribution is 2.27. The Hall–Kier alpha value is -0.850. The molecule has 1 aromatic heterocycles. The van der Waals surface area contributed by atoms with Gasteiger partial charge in [-0.2, -0.15) is 0 Å². The van der Waals surface area contributed by atoms with Crippen molar-refractivity contribution in [1.82, 2.24) is 4.98 Å². The van der Waals surface area contributed by atoms with Crippen molar-refractivity contribution < 1.29 is 13.9 Å². The smallest absolute Gasteiger partial charge is 0.143 e. The topological polar surface area (TPSA) is 33.1 Å². The summed E-state index contributed by atoms with van der Waals surface area (Å²) in [5.41, 5.74) is 0.647. The maximum Gasteiger partial charge on any atom is 0.143 e. The predicted octanol–water partition coefficient (Wildman–Crippen LogP) is 3.77. The summed E-state index contributed by atoms with van der Waals surface area (Å²) < 4.78 is 27.4. The second kappa shape index (κ2) is 5.42. The molecule has 2 rings (SSSR count). The molecule has 1 atom stereocenters. The minimum atomic E-state index is -0.998. The fraction of sp³-hybridized carbons (Fsp3) is 0.250. The molecule has 0 amide bonds. The van der Waals surface area contributed by atoms with Crippen LogP contribution in [0.2, 0.25) is 0 Å². The lowest BCUT2D eigenvalue weighted by Gasteiger charge is -2.10. The van der Waals surface area contributed by atoms with Crippen molar-refractivity contribution in [2.24, 2.45) is 0 Å². The van der Waals surface area contributed by atoms with E-state index >= 15 is 0 Å². The van der Waals surface area contributed by atoms with Gasteiger partial charge in [0.05, 0.1) is 4.47 Å². The van der Waals surface area contributed by atoms with Crippen LogP contribution in [0.1, 0.15) is 22.4 Å². The molecule has 2 aromatic rings. The number of benzene rings is 1. The van der Waals surface area contributed by atoms with Crippen LogP contribution < -0.4 is 0 Å². The summed E-state index contributed by atoms with van der Waals surface area (Å²) in [5, 5.41) is 12.2. The molecule has 0 saturated carbocycles. The van der Waals surface area contributed by atoms with Crippen LogP contribution in [-0.4, -0.2) is 10.1 Å². The first-order valence-corrected chi connectivity index (χ1v) is 6.88. The summed E-state index contributed by atoms with van der Waals surface area (Å²) in [5.74, 6) is -1.34. The van der Waals surface area contributed by atoms with Crippen LogP contribution >= 0.6 is 27.3 Å². The molecule has 1 unspecified atom stereocenters. The molecule has 1 aromatic carbocycles. The molecular formula is C12H10BrF2NOS. The van der Waals surface area contributed by atoms with E-state index < -0.39 is 17.7 Å². The monoisotopic (exact) mass is 333 g/mol. The zero-order valence-corrected chi connectivity index (χ0v) is 11.9. The number of hydrogen-bond donors (Lipinski definition) is 1. The number of thiazole rings is 1. The van der Waals surface area contributed by atoms with Gasteiger partial charge < -0.3 is 5.11 Å². The maximum atomic E-state index is 13.7. The highest BCUT2D eigenvalue weighted by Gasteiger charge is 2.19. The van der Waals surface area contributed by atoms with Crippen molar-refractivity contribution in [2.75, 3.05) is 0 Å². The molecule has 96 valence electrons. The summed E-state index contributed by atoms with van der Waals surface area (Å²) in [6.45, 7) is 1.80. The average Bonchev–Trinajstić information content (AvgIpc) is 2.76. The molecule has 0 radical (unpaired) electrons. The van der Waals surface area contributed by atoms with Gasteiger partial charge in [0.15, 0.2) is 0 Å². The van der Waals surface area contributed by atoms with Crippen molar-refractivity contribution in [3.63, 3.8) is 0 Å². The molecule has 1 heterocycles. The van der Waals surface area contributed by atoms with Crippen LogP contribution in [0, 0.1) is 18.6 Å². The van der Waals surface area contributed by atoms with Gasteiger partial charge in [0, 0.05) is 23.1 Å². The van der Waals surface area contributed by atoms with Crippen LogP contribution in [0.25, 0.3) is 0 Å². The average molecular weight is 334 g/mol. The fourth-order valence-electron chi connectivity index (χ4n) is 1.56. The van der Waals surface area contributed by atoms with Gasteiger partial charge >= 0.3 is 0 Å². The Kier molecular flexibility index (Phi) is 4.09. The van der Waals surface area contributed by atoms with E-state index in [2.05, 4.69) is 20.9 Å².